The van der Waals surface area contributed by atoms with Crippen molar-refractivity contribution in [1.82, 2.24) is 4.72 Å². The molecule has 0 radical (unpaired) electrons. The minimum atomic E-state index is -3.61. The van der Waals surface area contributed by atoms with Gasteiger partial charge in [0, 0.05) is 30.5 Å². The summed E-state index contributed by atoms with van der Waals surface area (Å²) in [4.78, 5) is 23.4. The monoisotopic (exact) mass is 401 g/mol. The minimum absolute atomic E-state index is 0.0349. The van der Waals surface area contributed by atoms with E-state index in [1.54, 1.807) is 30.3 Å². The van der Waals surface area contributed by atoms with Crippen LogP contribution in [0.2, 0.25) is 0 Å². The molecule has 0 aliphatic heterocycles. The van der Waals surface area contributed by atoms with Gasteiger partial charge in [-0.05, 0) is 43.7 Å². The average Bonchev–Trinajstić information content (AvgIpc) is 2.65. The predicted molar refractivity (Wildman–Crippen MR) is 104 cm³/mol. The van der Waals surface area contributed by atoms with E-state index in [0.29, 0.717) is 11.0 Å². The van der Waals surface area contributed by atoms with Crippen molar-refractivity contribution in [3.05, 3.63) is 70.6 Å². The highest BCUT2D eigenvalue weighted by Gasteiger charge is 2.13. The fourth-order valence-electron chi connectivity index (χ4n) is 2.53. The molecular formula is C20H19NO6S. The Bertz CT molecular complexity index is 1150. The van der Waals surface area contributed by atoms with Crippen LogP contribution in [0.15, 0.2) is 68.7 Å². The molecule has 0 amide bonds. The molecule has 0 fully saturated rings. The highest BCUT2D eigenvalue weighted by Crippen LogP contribution is 2.20. The number of rotatable bonds is 7. The summed E-state index contributed by atoms with van der Waals surface area (Å²) >= 11 is 0. The summed E-state index contributed by atoms with van der Waals surface area (Å²) in [7, 11) is -3.61. The number of hydrogen-bond donors (Lipinski definition) is 1. The van der Waals surface area contributed by atoms with Crippen LogP contribution in [0.5, 0.6) is 5.75 Å². The first kappa shape index (κ1) is 19.8. The Hall–Kier alpha value is -2.97. The lowest BCUT2D eigenvalue weighted by atomic mass is 10.2. The van der Waals surface area contributed by atoms with Gasteiger partial charge >= 0.3 is 11.6 Å². The van der Waals surface area contributed by atoms with Gasteiger partial charge < -0.3 is 9.15 Å². The number of nitrogens with one attached hydrogen (secondary N) is 1. The molecule has 1 N–H and O–H groups in total. The van der Waals surface area contributed by atoms with Gasteiger partial charge in [0.2, 0.25) is 10.0 Å². The van der Waals surface area contributed by atoms with Crippen molar-refractivity contribution in [3.63, 3.8) is 0 Å². The van der Waals surface area contributed by atoms with E-state index in [1.807, 2.05) is 6.92 Å². The van der Waals surface area contributed by atoms with Gasteiger partial charge in [-0.1, -0.05) is 17.7 Å². The van der Waals surface area contributed by atoms with E-state index in [9.17, 15) is 18.0 Å². The van der Waals surface area contributed by atoms with Gasteiger partial charge in [0.25, 0.3) is 0 Å². The second-order valence-electron chi connectivity index (χ2n) is 6.24. The Morgan fingerprint density at radius 2 is 1.79 bits per heavy atom. The molecule has 0 atom stereocenters. The third-order valence-corrected chi connectivity index (χ3v) is 5.48. The van der Waals surface area contributed by atoms with Gasteiger partial charge in [-0.15, -0.1) is 0 Å². The van der Waals surface area contributed by atoms with Gasteiger partial charge in [0.15, 0.2) is 0 Å². The van der Waals surface area contributed by atoms with Crippen LogP contribution in [-0.2, 0) is 14.8 Å². The van der Waals surface area contributed by atoms with Crippen molar-refractivity contribution < 1.29 is 22.4 Å². The highest BCUT2D eigenvalue weighted by molar-refractivity contribution is 7.89. The van der Waals surface area contributed by atoms with E-state index in [4.69, 9.17) is 9.15 Å². The molecule has 3 rings (SSSR count). The van der Waals surface area contributed by atoms with Gasteiger partial charge in [-0.25, -0.2) is 17.9 Å². The first-order valence-electron chi connectivity index (χ1n) is 8.64. The molecule has 0 aliphatic carbocycles. The molecule has 0 spiro atoms. The van der Waals surface area contributed by atoms with Crippen LogP contribution in [0.25, 0.3) is 11.0 Å². The Morgan fingerprint density at radius 1 is 1.07 bits per heavy atom. The number of sulfonamides is 1. The maximum absolute atomic E-state index is 12.2. The van der Waals surface area contributed by atoms with Gasteiger partial charge in [0.05, 0.1) is 4.90 Å². The van der Waals surface area contributed by atoms with Crippen molar-refractivity contribution in [2.24, 2.45) is 0 Å². The molecule has 0 bridgehead atoms. The average molecular weight is 401 g/mol. The number of benzene rings is 2. The van der Waals surface area contributed by atoms with Crippen molar-refractivity contribution in [1.29, 1.82) is 0 Å². The SMILES string of the molecule is Cc1ccc(S(=O)(=O)NCCCC(=O)Oc2ccc3ccc(=O)oc3c2)cc1. The summed E-state index contributed by atoms with van der Waals surface area (Å²) in [6.45, 7) is 1.98. The standard InChI is InChI=1S/C20H19NO6S/c1-14-4-9-17(10-5-14)28(24,25)21-12-2-3-19(22)26-16-8-6-15-7-11-20(23)27-18(15)13-16/h4-11,13,21H,2-3,12H2,1H3. The van der Waals surface area contributed by atoms with Crippen molar-refractivity contribution in [3.8, 4) is 5.75 Å². The number of ether oxygens (including phenoxy) is 1. The summed E-state index contributed by atoms with van der Waals surface area (Å²) in [6.07, 6.45) is 0.319. The van der Waals surface area contributed by atoms with Crippen LogP contribution in [-0.4, -0.2) is 20.9 Å². The number of carbonyl (C=O) groups is 1. The molecule has 8 heteroatoms. The first-order valence-corrected chi connectivity index (χ1v) is 10.1. The van der Waals surface area contributed by atoms with Gasteiger partial charge in [-0.2, -0.15) is 0 Å². The van der Waals surface area contributed by atoms with Crippen LogP contribution in [0, 0.1) is 6.92 Å². The smallest absolute Gasteiger partial charge is 0.336 e. The van der Waals surface area contributed by atoms with Crippen molar-refractivity contribution >= 4 is 27.0 Å². The summed E-state index contributed by atoms with van der Waals surface area (Å²) < 4.78 is 37.1. The van der Waals surface area contributed by atoms with E-state index in [1.165, 1.54) is 24.3 Å². The quantitative estimate of drug-likeness (QED) is 0.283. The van der Waals surface area contributed by atoms with Crippen LogP contribution < -0.4 is 15.1 Å². The fourth-order valence-corrected chi connectivity index (χ4v) is 3.60. The molecule has 28 heavy (non-hydrogen) atoms. The van der Waals surface area contributed by atoms with Crippen LogP contribution in [0.4, 0.5) is 0 Å². The Morgan fingerprint density at radius 3 is 2.54 bits per heavy atom. The maximum Gasteiger partial charge on any atom is 0.336 e. The number of fused-ring (bicyclic) bond motifs is 1. The molecule has 0 saturated heterocycles. The minimum Gasteiger partial charge on any atom is -0.426 e. The summed E-state index contributed by atoms with van der Waals surface area (Å²) in [5.41, 5.74) is 0.801. The molecule has 0 unspecified atom stereocenters. The molecule has 146 valence electrons. The lowest BCUT2D eigenvalue weighted by molar-refractivity contribution is -0.134. The van der Waals surface area contributed by atoms with Gasteiger partial charge in [0.1, 0.15) is 11.3 Å². The highest BCUT2D eigenvalue weighted by atomic mass is 32.2. The van der Waals surface area contributed by atoms with Crippen LogP contribution in [0.3, 0.4) is 0 Å². The van der Waals surface area contributed by atoms with E-state index in [2.05, 4.69) is 4.72 Å². The largest absolute Gasteiger partial charge is 0.426 e. The molecule has 1 heterocycles. The Kier molecular flexibility index (Phi) is 5.91. The Balaban J connectivity index is 1.50. The van der Waals surface area contributed by atoms with Gasteiger partial charge in [-0.3, -0.25) is 4.79 Å². The molecule has 2 aromatic carbocycles. The number of carbonyl (C=O) groups excluding carboxylic acids is 1. The second kappa shape index (κ2) is 8.37. The summed E-state index contributed by atoms with van der Waals surface area (Å²) in [5.74, 6) is -0.251. The summed E-state index contributed by atoms with van der Waals surface area (Å²) in [6, 6.07) is 14.2. The molecule has 7 nitrogen and oxygen atoms in total. The van der Waals surface area contributed by atoms with E-state index < -0.39 is 21.6 Å². The van der Waals surface area contributed by atoms with E-state index in [-0.39, 0.29) is 30.0 Å². The van der Waals surface area contributed by atoms with E-state index in [0.717, 1.165) is 5.56 Å². The zero-order chi connectivity index (χ0) is 20.1. The first-order chi connectivity index (χ1) is 13.3. The lowest BCUT2D eigenvalue weighted by Crippen LogP contribution is -2.25. The molecular weight excluding hydrogens is 382 g/mol. The lowest BCUT2D eigenvalue weighted by Gasteiger charge is -2.07. The van der Waals surface area contributed by atoms with Crippen molar-refractivity contribution in [2.45, 2.75) is 24.7 Å². The maximum atomic E-state index is 12.2. The summed E-state index contributed by atoms with van der Waals surface area (Å²) in [5, 5.41) is 0.713. The third-order valence-electron chi connectivity index (χ3n) is 4.01. The zero-order valence-electron chi connectivity index (χ0n) is 15.2. The number of hydrogen-bond acceptors (Lipinski definition) is 6. The molecule has 1 aromatic heterocycles. The topological polar surface area (TPSA) is 103 Å². The molecule has 0 saturated carbocycles. The van der Waals surface area contributed by atoms with Crippen LogP contribution in [0.1, 0.15) is 18.4 Å². The Labute approximate surface area is 162 Å². The zero-order valence-corrected chi connectivity index (χ0v) is 16.0. The number of esters is 1. The fraction of sp³-hybridized carbons (Fsp3) is 0.200. The van der Waals surface area contributed by atoms with E-state index >= 15 is 0 Å². The molecule has 0 aliphatic rings. The second-order valence-corrected chi connectivity index (χ2v) is 8.01. The number of aryl methyl sites for hydroxylation is 1. The predicted octanol–water partition coefficient (Wildman–Crippen LogP) is 2.77. The molecule has 3 aromatic rings. The normalized spacial score (nSPS) is 11.5. The van der Waals surface area contributed by atoms with Crippen LogP contribution >= 0.6 is 0 Å². The third kappa shape index (κ3) is 5.05. The van der Waals surface area contributed by atoms with Crippen molar-refractivity contribution in [2.75, 3.05) is 6.54 Å².